The highest BCUT2D eigenvalue weighted by Crippen LogP contribution is 2.27. The summed E-state index contributed by atoms with van der Waals surface area (Å²) in [5.74, 6) is 0. The minimum absolute atomic E-state index is 1.04. The molecule has 0 amide bonds. The van der Waals surface area contributed by atoms with Crippen molar-refractivity contribution in [3.8, 4) is 44.8 Å². The molecule has 0 bridgehead atoms. The van der Waals surface area contributed by atoms with Crippen LogP contribution in [0.4, 0.5) is 0 Å². The lowest BCUT2D eigenvalue weighted by Crippen LogP contribution is -1.91. The highest BCUT2D eigenvalue weighted by molar-refractivity contribution is 5.71. The van der Waals surface area contributed by atoms with E-state index in [1.54, 1.807) is 0 Å². The van der Waals surface area contributed by atoms with Gasteiger partial charge >= 0.3 is 0 Å². The monoisotopic (exact) mass is 572 g/mol. The highest BCUT2D eigenvalue weighted by atomic mass is 14.7. The van der Waals surface area contributed by atoms with Crippen LogP contribution in [0.5, 0.6) is 0 Å². The number of hydrogen-bond donors (Lipinski definition) is 0. The summed E-state index contributed by atoms with van der Waals surface area (Å²) >= 11 is 0. The van der Waals surface area contributed by atoms with Gasteiger partial charge in [-0.2, -0.15) is 0 Å². The van der Waals surface area contributed by atoms with E-state index in [4.69, 9.17) is 0 Å². The molecule has 0 aliphatic heterocycles. The Morgan fingerprint density at radius 2 is 0.727 bits per heavy atom. The first-order valence-corrected chi connectivity index (χ1v) is 16.0. The van der Waals surface area contributed by atoms with Gasteiger partial charge in [0.1, 0.15) is 0 Å². The molecule has 0 fully saturated rings. The molecule has 0 unspecified atom stereocenters. The van der Waals surface area contributed by atoms with Gasteiger partial charge in [0.2, 0.25) is 0 Å². The van der Waals surface area contributed by atoms with E-state index in [0.29, 0.717) is 0 Å². The summed E-state index contributed by atoms with van der Waals surface area (Å²) in [5, 5.41) is 0. The van der Waals surface area contributed by atoms with Gasteiger partial charge in [-0.25, -0.2) is 0 Å². The molecule has 0 saturated heterocycles. The fourth-order valence-corrected chi connectivity index (χ4v) is 5.93. The van der Waals surface area contributed by atoms with Gasteiger partial charge in [0, 0.05) is 23.5 Å². The Balaban J connectivity index is 0.929. The van der Waals surface area contributed by atoms with Gasteiger partial charge < -0.3 is 0 Å². The smallest absolute Gasteiger partial charge is 0.0708 e. The molecule has 4 aromatic carbocycles. The topological polar surface area (TPSA) is 25.8 Å². The number of pyridine rings is 2. The molecule has 0 radical (unpaired) electrons. The predicted octanol–water partition coefficient (Wildman–Crippen LogP) is 11.3. The molecule has 2 heteroatoms. The molecule has 0 saturated carbocycles. The van der Waals surface area contributed by atoms with Crippen LogP contribution in [-0.2, 0) is 12.8 Å². The van der Waals surface area contributed by atoms with E-state index in [-0.39, 0.29) is 0 Å². The van der Waals surface area contributed by atoms with Gasteiger partial charge in [0.05, 0.1) is 11.4 Å². The third-order valence-corrected chi connectivity index (χ3v) is 8.36. The third kappa shape index (κ3) is 7.96. The quantitative estimate of drug-likeness (QED) is 0.129. The largest absolute Gasteiger partial charge is 0.256 e. The summed E-state index contributed by atoms with van der Waals surface area (Å²) < 4.78 is 0. The van der Waals surface area contributed by atoms with Crippen molar-refractivity contribution in [1.82, 2.24) is 9.97 Å². The summed E-state index contributed by atoms with van der Waals surface area (Å²) in [7, 11) is 0. The van der Waals surface area contributed by atoms with Crippen molar-refractivity contribution in [3.05, 3.63) is 157 Å². The number of nitrogens with zero attached hydrogens (tertiary/aromatic N) is 2. The number of unbranched alkanes of at least 4 members (excludes halogenated alkanes) is 5. The maximum absolute atomic E-state index is 4.67. The van der Waals surface area contributed by atoms with E-state index in [1.807, 2.05) is 12.4 Å². The fraction of sp³-hybridized carbons (Fsp3) is 0.190. The summed E-state index contributed by atoms with van der Waals surface area (Å²) in [5.41, 5.74) is 12.1. The second-order valence-corrected chi connectivity index (χ2v) is 11.6. The van der Waals surface area contributed by atoms with E-state index in [0.717, 1.165) is 24.2 Å². The zero-order valence-corrected chi connectivity index (χ0v) is 25.4. The van der Waals surface area contributed by atoms with Crippen molar-refractivity contribution in [3.63, 3.8) is 0 Å². The maximum atomic E-state index is 4.67. The van der Waals surface area contributed by atoms with E-state index in [2.05, 4.69) is 143 Å². The van der Waals surface area contributed by atoms with Crippen molar-refractivity contribution in [2.75, 3.05) is 0 Å². The van der Waals surface area contributed by atoms with Crippen molar-refractivity contribution in [2.24, 2.45) is 0 Å². The van der Waals surface area contributed by atoms with Gasteiger partial charge in [0.25, 0.3) is 0 Å². The van der Waals surface area contributed by atoms with E-state index in [1.165, 1.54) is 83.0 Å². The Kier molecular flexibility index (Phi) is 10.0. The first kappa shape index (κ1) is 29.3. The predicted molar refractivity (Wildman–Crippen MR) is 185 cm³/mol. The zero-order chi connectivity index (χ0) is 29.8. The van der Waals surface area contributed by atoms with Crippen molar-refractivity contribution in [2.45, 2.75) is 51.4 Å². The van der Waals surface area contributed by atoms with Gasteiger partial charge in [-0.15, -0.1) is 0 Å². The summed E-state index contributed by atoms with van der Waals surface area (Å²) in [4.78, 5) is 9.34. The molecule has 0 N–H and O–H groups in total. The van der Waals surface area contributed by atoms with Crippen LogP contribution < -0.4 is 0 Å². The molecule has 2 nitrogen and oxygen atoms in total. The van der Waals surface area contributed by atoms with Crippen LogP contribution in [0.3, 0.4) is 0 Å². The lowest BCUT2D eigenvalue weighted by Gasteiger charge is -2.08. The van der Waals surface area contributed by atoms with Crippen LogP contribution in [0, 0.1) is 0 Å². The number of aromatic nitrogens is 2. The first-order valence-electron chi connectivity index (χ1n) is 16.0. The number of hydrogen-bond acceptors (Lipinski definition) is 2. The molecule has 2 heterocycles. The highest BCUT2D eigenvalue weighted by Gasteiger charge is 2.06. The Hall–Kier alpha value is -4.82. The lowest BCUT2D eigenvalue weighted by molar-refractivity contribution is 0.594. The van der Waals surface area contributed by atoms with Crippen LogP contribution in [0.2, 0.25) is 0 Å². The number of rotatable bonds is 13. The van der Waals surface area contributed by atoms with Crippen molar-refractivity contribution >= 4 is 0 Å². The molecule has 0 atom stereocenters. The minimum Gasteiger partial charge on any atom is -0.256 e. The fourth-order valence-electron chi connectivity index (χ4n) is 5.93. The maximum Gasteiger partial charge on any atom is 0.0708 e. The second-order valence-electron chi connectivity index (χ2n) is 11.6. The van der Waals surface area contributed by atoms with Crippen LogP contribution in [0.25, 0.3) is 44.8 Å². The van der Waals surface area contributed by atoms with Gasteiger partial charge in [-0.3, -0.25) is 9.97 Å². The Bertz CT molecular complexity index is 1630. The summed E-state index contributed by atoms with van der Waals surface area (Å²) in [6.45, 7) is 0. The minimum atomic E-state index is 1.04. The summed E-state index contributed by atoms with van der Waals surface area (Å²) in [6, 6.07) is 47.5. The Morgan fingerprint density at radius 1 is 0.318 bits per heavy atom. The van der Waals surface area contributed by atoms with E-state index >= 15 is 0 Å². The molecule has 44 heavy (non-hydrogen) atoms. The first-order chi connectivity index (χ1) is 21.8. The standard InChI is InChI=1S/C42H40N2/c1(3-7-15-33-17-13-23-39(29-33)41-31-37(25-27-43-41)35-19-9-5-10-20-35)2-4-8-16-34-18-14-24-40(30-34)42-32-38(26-28-44-42)36-21-11-6-12-22-36/h5-6,9-14,17-32H,1-4,7-8,15-16H2. The second kappa shape index (κ2) is 15.1. The molecule has 0 aliphatic rings. The van der Waals surface area contributed by atoms with Gasteiger partial charge in [-0.05, 0) is 95.5 Å². The SMILES string of the molecule is c1ccc(-c2ccnc(-c3cccc(CCCCCCCCc4cccc(-c5cc(-c6ccccc6)ccn5)c4)c3)c2)cc1. The Labute approximate surface area is 262 Å². The lowest BCUT2D eigenvalue weighted by atomic mass is 9.99. The molecule has 0 aliphatic carbocycles. The molecule has 218 valence electrons. The molecular formula is C42H40N2. The molecule has 2 aromatic heterocycles. The average molecular weight is 573 g/mol. The molecular weight excluding hydrogens is 532 g/mol. The average Bonchev–Trinajstić information content (AvgIpc) is 3.10. The van der Waals surface area contributed by atoms with Crippen LogP contribution in [-0.4, -0.2) is 9.97 Å². The van der Waals surface area contributed by atoms with Crippen molar-refractivity contribution < 1.29 is 0 Å². The van der Waals surface area contributed by atoms with Gasteiger partial charge in [0.15, 0.2) is 0 Å². The van der Waals surface area contributed by atoms with Crippen LogP contribution in [0.1, 0.15) is 49.7 Å². The summed E-state index contributed by atoms with van der Waals surface area (Å²) in [6.07, 6.45) is 13.7. The van der Waals surface area contributed by atoms with E-state index < -0.39 is 0 Å². The van der Waals surface area contributed by atoms with E-state index in [9.17, 15) is 0 Å². The molecule has 6 aromatic rings. The van der Waals surface area contributed by atoms with Crippen molar-refractivity contribution in [1.29, 1.82) is 0 Å². The van der Waals surface area contributed by atoms with Crippen LogP contribution >= 0.6 is 0 Å². The van der Waals surface area contributed by atoms with Crippen LogP contribution in [0.15, 0.2) is 146 Å². The third-order valence-electron chi connectivity index (χ3n) is 8.36. The Morgan fingerprint density at radius 3 is 1.18 bits per heavy atom. The number of aryl methyl sites for hydroxylation is 2. The normalized spacial score (nSPS) is 11.0. The van der Waals surface area contributed by atoms with Gasteiger partial charge in [-0.1, -0.05) is 123 Å². The zero-order valence-electron chi connectivity index (χ0n) is 25.4. The molecule has 6 rings (SSSR count). The molecule has 0 spiro atoms. The number of benzene rings is 4.